The molecule has 4 heteroatoms. The third kappa shape index (κ3) is 2.59. The number of nitrogens with zero attached hydrogens (tertiary/aromatic N) is 3. The summed E-state index contributed by atoms with van der Waals surface area (Å²) in [6.45, 7) is 2.87. The molecule has 1 aromatic carbocycles. The summed E-state index contributed by atoms with van der Waals surface area (Å²) in [6, 6.07) is 10.3. The second-order valence-corrected chi connectivity index (χ2v) is 4.26. The molecule has 0 atom stereocenters. The Morgan fingerprint density at radius 3 is 2.56 bits per heavy atom. The van der Waals surface area contributed by atoms with Gasteiger partial charge in [-0.3, -0.25) is 0 Å². The molecule has 1 aromatic heterocycles. The van der Waals surface area contributed by atoms with Crippen LogP contribution in [-0.2, 0) is 13.0 Å². The van der Waals surface area contributed by atoms with E-state index in [1.165, 1.54) is 11.9 Å². The first-order valence-electron chi connectivity index (χ1n) is 6.06. The Labute approximate surface area is 107 Å². The number of nitrogen functional groups attached to an aromatic ring is 1. The lowest BCUT2D eigenvalue weighted by Gasteiger charge is -2.21. The molecule has 0 aliphatic carbocycles. The zero-order valence-corrected chi connectivity index (χ0v) is 10.8. The number of hydrogen-bond acceptors (Lipinski definition) is 4. The molecule has 0 radical (unpaired) electrons. The van der Waals surface area contributed by atoms with Crippen molar-refractivity contribution in [2.24, 2.45) is 0 Å². The van der Waals surface area contributed by atoms with Gasteiger partial charge in [0.05, 0.1) is 0 Å². The van der Waals surface area contributed by atoms with Crippen LogP contribution in [0.4, 0.5) is 11.6 Å². The molecule has 0 spiro atoms. The summed E-state index contributed by atoms with van der Waals surface area (Å²) < 4.78 is 0. The number of anilines is 2. The van der Waals surface area contributed by atoms with Crippen LogP contribution in [0.15, 0.2) is 36.7 Å². The monoisotopic (exact) mass is 242 g/mol. The van der Waals surface area contributed by atoms with Crippen molar-refractivity contribution in [3.8, 4) is 0 Å². The fourth-order valence-electron chi connectivity index (χ4n) is 2.02. The molecule has 0 aliphatic heterocycles. The van der Waals surface area contributed by atoms with E-state index < -0.39 is 0 Å². The summed E-state index contributed by atoms with van der Waals surface area (Å²) in [6.07, 6.45) is 2.35. The Kier molecular flexibility index (Phi) is 3.77. The highest BCUT2D eigenvalue weighted by Crippen LogP contribution is 2.22. The van der Waals surface area contributed by atoms with E-state index in [0.29, 0.717) is 5.82 Å². The van der Waals surface area contributed by atoms with E-state index >= 15 is 0 Å². The number of nitrogens with two attached hydrogens (primary N) is 1. The molecule has 0 fully saturated rings. The van der Waals surface area contributed by atoms with E-state index in [1.54, 1.807) is 0 Å². The Morgan fingerprint density at radius 2 is 1.89 bits per heavy atom. The molecule has 94 valence electrons. The summed E-state index contributed by atoms with van der Waals surface area (Å²) in [7, 11) is 2.02. The quantitative estimate of drug-likeness (QED) is 0.893. The molecule has 18 heavy (non-hydrogen) atoms. The van der Waals surface area contributed by atoms with Gasteiger partial charge in [0.1, 0.15) is 18.0 Å². The van der Waals surface area contributed by atoms with E-state index in [-0.39, 0.29) is 0 Å². The highest BCUT2D eigenvalue weighted by molar-refractivity contribution is 5.56. The fraction of sp³-hybridized carbons (Fsp3) is 0.286. The number of rotatable bonds is 4. The summed E-state index contributed by atoms with van der Waals surface area (Å²) in [5, 5.41) is 0. The molecule has 2 rings (SSSR count). The van der Waals surface area contributed by atoms with Crippen LogP contribution >= 0.6 is 0 Å². The van der Waals surface area contributed by atoms with Gasteiger partial charge in [-0.05, 0) is 12.0 Å². The average Bonchev–Trinajstić information content (AvgIpc) is 2.39. The summed E-state index contributed by atoms with van der Waals surface area (Å²) >= 11 is 0. The third-order valence-corrected chi connectivity index (χ3v) is 2.93. The minimum absolute atomic E-state index is 0.572. The molecule has 0 aliphatic rings. The van der Waals surface area contributed by atoms with Crippen molar-refractivity contribution >= 4 is 11.6 Å². The molecule has 2 N–H and O–H groups in total. The number of benzene rings is 1. The predicted molar refractivity (Wildman–Crippen MR) is 74.4 cm³/mol. The fourth-order valence-corrected chi connectivity index (χ4v) is 2.02. The Balaban J connectivity index is 2.24. The molecule has 0 amide bonds. The lowest BCUT2D eigenvalue weighted by atomic mass is 10.2. The van der Waals surface area contributed by atoms with Crippen molar-refractivity contribution in [3.05, 3.63) is 47.8 Å². The van der Waals surface area contributed by atoms with E-state index in [1.807, 2.05) is 25.2 Å². The Bertz CT molecular complexity index is 510. The maximum atomic E-state index is 5.89. The van der Waals surface area contributed by atoms with Gasteiger partial charge in [-0.1, -0.05) is 37.3 Å². The predicted octanol–water partition coefficient (Wildman–Crippen LogP) is 2.26. The van der Waals surface area contributed by atoms with Crippen molar-refractivity contribution in [2.75, 3.05) is 17.7 Å². The standard InChI is InChI=1S/C14H18N4/c1-3-12-13(15)16-10-17-14(12)18(2)9-11-7-5-4-6-8-11/h4-8,10H,3,9H2,1-2H3,(H2,15,16,17). The summed E-state index contributed by atoms with van der Waals surface area (Å²) in [5.74, 6) is 1.48. The molecule has 2 aromatic rings. The molecular weight excluding hydrogens is 224 g/mol. The Hall–Kier alpha value is -2.10. The van der Waals surface area contributed by atoms with Crippen molar-refractivity contribution in [1.29, 1.82) is 0 Å². The molecule has 0 saturated carbocycles. The topological polar surface area (TPSA) is 55.0 Å². The van der Waals surface area contributed by atoms with Gasteiger partial charge < -0.3 is 10.6 Å². The molecular formula is C14H18N4. The van der Waals surface area contributed by atoms with Crippen LogP contribution < -0.4 is 10.6 Å². The summed E-state index contributed by atoms with van der Waals surface area (Å²) in [4.78, 5) is 10.5. The molecule has 0 saturated heterocycles. The minimum Gasteiger partial charge on any atom is -0.383 e. The lowest BCUT2D eigenvalue weighted by Crippen LogP contribution is -2.20. The van der Waals surface area contributed by atoms with Crippen LogP contribution in [0.2, 0.25) is 0 Å². The number of hydrogen-bond donors (Lipinski definition) is 1. The van der Waals surface area contributed by atoms with Gasteiger partial charge in [0.15, 0.2) is 0 Å². The van der Waals surface area contributed by atoms with Crippen molar-refractivity contribution in [3.63, 3.8) is 0 Å². The number of aromatic nitrogens is 2. The largest absolute Gasteiger partial charge is 0.383 e. The first-order chi connectivity index (χ1) is 8.72. The molecule has 0 unspecified atom stereocenters. The van der Waals surface area contributed by atoms with E-state index in [2.05, 4.69) is 33.9 Å². The SMILES string of the molecule is CCc1c(N)ncnc1N(C)Cc1ccccc1. The minimum atomic E-state index is 0.572. The highest BCUT2D eigenvalue weighted by atomic mass is 15.2. The van der Waals surface area contributed by atoms with Gasteiger partial charge in [-0.15, -0.1) is 0 Å². The highest BCUT2D eigenvalue weighted by Gasteiger charge is 2.11. The van der Waals surface area contributed by atoms with Crippen LogP contribution in [0.1, 0.15) is 18.1 Å². The van der Waals surface area contributed by atoms with Crippen molar-refractivity contribution < 1.29 is 0 Å². The smallest absolute Gasteiger partial charge is 0.137 e. The third-order valence-electron chi connectivity index (χ3n) is 2.93. The molecule has 0 bridgehead atoms. The van der Waals surface area contributed by atoms with Gasteiger partial charge in [-0.2, -0.15) is 0 Å². The van der Waals surface area contributed by atoms with Crippen LogP contribution in [-0.4, -0.2) is 17.0 Å². The molecule has 1 heterocycles. The average molecular weight is 242 g/mol. The normalized spacial score (nSPS) is 10.3. The Morgan fingerprint density at radius 1 is 1.17 bits per heavy atom. The van der Waals surface area contributed by atoms with Crippen LogP contribution in [0.3, 0.4) is 0 Å². The van der Waals surface area contributed by atoms with Crippen molar-refractivity contribution in [1.82, 2.24) is 9.97 Å². The van der Waals surface area contributed by atoms with Gasteiger partial charge in [0.25, 0.3) is 0 Å². The first kappa shape index (κ1) is 12.4. The van der Waals surface area contributed by atoms with Gasteiger partial charge >= 0.3 is 0 Å². The lowest BCUT2D eigenvalue weighted by molar-refractivity contribution is 0.873. The maximum absolute atomic E-state index is 5.89. The van der Waals surface area contributed by atoms with Crippen LogP contribution in [0.25, 0.3) is 0 Å². The summed E-state index contributed by atoms with van der Waals surface area (Å²) in [5.41, 5.74) is 8.14. The van der Waals surface area contributed by atoms with Gasteiger partial charge in [-0.25, -0.2) is 9.97 Å². The first-order valence-corrected chi connectivity index (χ1v) is 6.06. The van der Waals surface area contributed by atoms with Crippen LogP contribution in [0.5, 0.6) is 0 Å². The van der Waals surface area contributed by atoms with E-state index in [4.69, 9.17) is 5.73 Å². The molecule has 4 nitrogen and oxygen atoms in total. The van der Waals surface area contributed by atoms with E-state index in [0.717, 1.165) is 24.3 Å². The second kappa shape index (κ2) is 5.49. The van der Waals surface area contributed by atoms with Crippen molar-refractivity contribution in [2.45, 2.75) is 19.9 Å². The van der Waals surface area contributed by atoms with Gasteiger partial charge in [0, 0.05) is 19.2 Å². The maximum Gasteiger partial charge on any atom is 0.137 e. The zero-order valence-electron chi connectivity index (χ0n) is 10.8. The van der Waals surface area contributed by atoms with E-state index in [9.17, 15) is 0 Å². The second-order valence-electron chi connectivity index (χ2n) is 4.26. The van der Waals surface area contributed by atoms with Gasteiger partial charge in [0.2, 0.25) is 0 Å². The van der Waals surface area contributed by atoms with Crippen LogP contribution in [0, 0.1) is 0 Å². The zero-order chi connectivity index (χ0) is 13.0.